The van der Waals surface area contributed by atoms with Crippen molar-refractivity contribution in [1.82, 2.24) is 4.90 Å². The average molecular weight is 539 g/mol. The highest BCUT2D eigenvalue weighted by molar-refractivity contribution is 9.10. The molecule has 1 unspecified atom stereocenters. The summed E-state index contributed by atoms with van der Waals surface area (Å²) in [6, 6.07) is 10.5. The van der Waals surface area contributed by atoms with Gasteiger partial charge in [-0.25, -0.2) is 0 Å². The zero-order chi connectivity index (χ0) is 24.1. The first-order chi connectivity index (χ1) is 16.8. The summed E-state index contributed by atoms with van der Waals surface area (Å²) in [4.78, 5) is 29.7. The van der Waals surface area contributed by atoms with Crippen LogP contribution in [0.1, 0.15) is 36.8 Å². The Morgan fingerprint density at radius 1 is 1.20 bits per heavy atom. The fourth-order valence-corrected chi connectivity index (χ4v) is 7.55. The summed E-state index contributed by atoms with van der Waals surface area (Å²) in [6.45, 7) is 1.69. The molecule has 1 saturated heterocycles. The summed E-state index contributed by atoms with van der Waals surface area (Å²) < 4.78 is 7.09. The van der Waals surface area contributed by atoms with Crippen molar-refractivity contribution in [2.24, 2.45) is 11.8 Å². The Balaban J connectivity index is 1.32. The Hall–Kier alpha value is -2.42. The van der Waals surface area contributed by atoms with Gasteiger partial charge in [-0.1, -0.05) is 22.0 Å². The number of amides is 1. The molecule has 35 heavy (non-hydrogen) atoms. The van der Waals surface area contributed by atoms with Gasteiger partial charge in [0, 0.05) is 28.3 Å². The van der Waals surface area contributed by atoms with Crippen LogP contribution in [0.25, 0.3) is 0 Å². The van der Waals surface area contributed by atoms with E-state index in [0.717, 1.165) is 28.7 Å². The van der Waals surface area contributed by atoms with Crippen LogP contribution in [0.2, 0.25) is 0 Å². The normalized spacial score (nSPS) is 34.8. The maximum atomic E-state index is 13.9. The molecule has 0 aromatic heterocycles. The number of halogens is 1. The minimum Gasteiger partial charge on any atom is -0.504 e. The highest BCUT2D eigenvalue weighted by Crippen LogP contribution is 2.65. The fraction of sp³-hybridized carbons (Fsp3) is 0.481. The van der Waals surface area contributed by atoms with Crippen molar-refractivity contribution in [3.63, 3.8) is 0 Å². The van der Waals surface area contributed by atoms with Gasteiger partial charge in [0.25, 0.3) is 0 Å². The third-order valence-electron chi connectivity index (χ3n) is 9.06. The monoisotopic (exact) mass is 538 g/mol. The van der Waals surface area contributed by atoms with Gasteiger partial charge in [-0.3, -0.25) is 14.5 Å². The highest BCUT2D eigenvalue weighted by Gasteiger charge is 2.75. The molecular formula is C27H27BrN2O5. The Morgan fingerprint density at radius 2 is 1.97 bits per heavy atom. The van der Waals surface area contributed by atoms with E-state index in [1.54, 1.807) is 18.2 Å². The minimum atomic E-state index is -1.31. The van der Waals surface area contributed by atoms with E-state index in [-0.39, 0.29) is 24.0 Å². The summed E-state index contributed by atoms with van der Waals surface area (Å²) in [5.41, 5.74) is 0.152. The number of hydrogen-bond acceptors (Lipinski definition) is 6. The van der Waals surface area contributed by atoms with Crippen molar-refractivity contribution in [2.45, 2.75) is 55.3 Å². The molecule has 2 aromatic rings. The molecule has 5 atom stereocenters. The molecule has 3 aliphatic carbocycles. The third-order valence-corrected chi connectivity index (χ3v) is 9.59. The summed E-state index contributed by atoms with van der Waals surface area (Å²) in [7, 11) is 0. The summed E-state index contributed by atoms with van der Waals surface area (Å²) >= 11 is 3.39. The lowest BCUT2D eigenvalue weighted by Gasteiger charge is -2.63. The van der Waals surface area contributed by atoms with Gasteiger partial charge < -0.3 is 20.3 Å². The van der Waals surface area contributed by atoms with Gasteiger partial charge in [-0.2, -0.15) is 0 Å². The van der Waals surface area contributed by atoms with Gasteiger partial charge in [0.2, 0.25) is 5.91 Å². The van der Waals surface area contributed by atoms with E-state index in [4.69, 9.17) is 4.74 Å². The van der Waals surface area contributed by atoms with Crippen LogP contribution in [0.4, 0.5) is 5.69 Å². The number of anilines is 1. The number of piperidine rings is 1. The Kier molecular flexibility index (Phi) is 4.56. The first-order valence-electron chi connectivity index (χ1n) is 12.4. The van der Waals surface area contributed by atoms with Gasteiger partial charge >= 0.3 is 0 Å². The fourth-order valence-electron chi connectivity index (χ4n) is 7.29. The average Bonchev–Trinajstić information content (AvgIpc) is 3.57. The molecule has 1 amide bonds. The van der Waals surface area contributed by atoms with Crippen LogP contribution >= 0.6 is 15.9 Å². The van der Waals surface area contributed by atoms with E-state index in [2.05, 4.69) is 26.1 Å². The number of ketones is 1. The predicted octanol–water partition coefficient (Wildman–Crippen LogP) is 3.15. The van der Waals surface area contributed by atoms with Crippen LogP contribution in [-0.4, -0.2) is 57.6 Å². The van der Waals surface area contributed by atoms with Crippen LogP contribution < -0.4 is 10.1 Å². The zero-order valence-electron chi connectivity index (χ0n) is 19.2. The SMILES string of the molecule is O=C(Nc1ccc(Br)cc1)C1C[C@@]2(O)[C@H]3Cc4ccc(O)c5c4[C@@]2(CCN3CC2CC2)[C@@H](O5)C1=O. The lowest BCUT2D eigenvalue weighted by molar-refractivity contribution is -0.197. The lowest BCUT2D eigenvalue weighted by Crippen LogP contribution is -2.78. The van der Waals surface area contributed by atoms with Gasteiger partial charge in [-0.05, 0) is 80.5 Å². The van der Waals surface area contributed by atoms with Crippen LogP contribution in [0.5, 0.6) is 11.5 Å². The summed E-state index contributed by atoms with van der Waals surface area (Å²) in [6.07, 6.45) is 2.66. The number of phenolic OH excluding ortho intramolecular Hbond substituents is 1. The van der Waals surface area contributed by atoms with Crippen LogP contribution in [-0.2, 0) is 21.4 Å². The first kappa shape index (κ1) is 21.8. The number of likely N-dealkylation sites (tertiary alicyclic amines) is 1. The largest absolute Gasteiger partial charge is 0.504 e. The number of ether oxygens (including phenoxy) is 1. The van der Waals surface area contributed by atoms with E-state index in [1.165, 1.54) is 12.8 Å². The number of nitrogens with one attached hydrogen (secondary N) is 1. The maximum absolute atomic E-state index is 13.9. The number of hydrogen-bond donors (Lipinski definition) is 3. The van der Waals surface area contributed by atoms with E-state index < -0.39 is 28.9 Å². The highest BCUT2D eigenvalue weighted by atomic mass is 79.9. The van der Waals surface area contributed by atoms with Crippen LogP contribution in [0.3, 0.4) is 0 Å². The molecule has 2 saturated carbocycles. The number of aliphatic hydroxyl groups is 1. The molecule has 7 nitrogen and oxygen atoms in total. The van der Waals surface area contributed by atoms with Crippen molar-refractivity contribution < 1.29 is 24.5 Å². The topological polar surface area (TPSA) is 99.1 Å². The Bertz CT molecular complexity index is 1260. The predicted molar refractivity (Wildman–Crippen MR) is 131 cm³/mol. The number of Topliss-reactive ketones (excluding diaryl/α,β-unsaturated/α-hetero) is 1. The molecule has 2 aromatic carbocycles. The molecule has 3 fully saturated rings. The molecule has 1 spiro atoms. The van der Waals surface area contributed by atoms with Crippen LogP contribution in [0, 0.1) is 11.8 Å². The van der Waals surface area contributed by atoms with Gasteiger partial charge in [0.15, 0.2) is 23.4 Å². The van der Waals surface area contributed by atoms with E-state index in [9.17, 15) is 19.8 Å². The molecular weight excluding hydrogens is 512 g/mol. The number of carbonyl (C=O) groups excluding carboxylic acids is 2. The van der Waals surface area contributed by atoms with Crippen molar-refractivity contribution in [2.75, 3.05) is 18.4 Å². The van der Waals surface area contributed by atoms with Gasteiger partial charge in [0.05, 0.1) is 11.0 Å². The smallest absolute Gasteiger partial charge is 0.235 e. The minimum absolute atomic E-state index is 0.0163. The number of rotatable bonds is 4. The Labute approximate surface area is 211 Å². The maximum Gasteiger partial charge on any atom is 0.235 e. The molecule has 2 bridgehead atoms. The summed E-state index contributed by atoms with van der Waals surface area (Å²) in [5.74, 6) is -0.839. The zero-order valence-corrected chi connectivity index (χ0v) is 20.8. The van der Waals surface area contributed by atoms with Gasteiger partial charge in [-0.15, -0.1) is 0 Å². The molecule has 5 aliphatic rings. The third kappa shape index (κ3) is 2.90. The number of phenols is 1. The summed E-state index contributed by atoms with van der Waals surface area (Å²) in [5, 5.41) is 26.1. The van der Waals surface area contributed by atoms with Crippen molar-refractivity contribution in [3.8, 4) is 11.5 Å². The molecule has 2 heterocycles. The van der Waals surface area contributed by atoms with Crippen molar-refractivity contribution in [3.05, 3.63) is 52.0 Å². The van der Waals surface area contributed by atoms with Gasteiger partial charge in [0.1, 0.15) is 5.92 Å². The second-order valence-corrected chi connectivity index (χ2v) is 11.8. The molecule has 0 radical (unpaired) electrons. The molecule has 8 heteroatoms. The number of benzene rings is 2. The standard InChI is InChI=1S/C27H27BrN2O5/c28-16-4-6-17(7-5-16)29-25(33)18-12-27(34)20-11-15-3-8-19(31)23-21(15)26(27,24(35-23)22(18)32)9-10-30(20)13-14-1-2-14/h3-8,14,18,20,24,31,34H,1-2,9-13H2,(H,29,33)/t18?,20-,24+,26+,27-/m1/s1. The van der Waals surface area contributed by atoms with Crippen molar-refractivity contribution >= 4 is 33.3 Å². The lowest BCUT2D eigenvalue weighted by atomic mass is 9.47. The second-order valence-electron chi connectivity index (χ2n) is 10.9. The van der Waals surface area contributed by atoms with E-state index in [1.807, 2.05) is 18.2 Å². The first-order valence-corrected chi connectivity index (χ1v) is 13.2. The molecule has 3 N–H and O–H groups in total. The van der Waals surface area contributed by atoms with E-state index in [0.29, 0.717) is 30.2 Å². The quantitative estimate of drug-likeness (QED) is 0.517. The van der Waals surface area contributed by atoms with E-state index >= 15 is 0 Å². The Morgan fingerprint density at radius 3 is 2.71 bits per heavy atom. The number of nitrogens with zero attached hydrogens (tertiary/aromatic N) is 1. The number of carbonyl (C=O) groups is 2. The molecule has 7 rings (SSSR count). The van der Waals surface area contributed by atoms with Crippen LogP contribution in [0.15, 0.2) is 40.9 Å². The molecule has 2 aliphatic heterocycles. The second kappa shape index (κ2) is 7.31. The van der Waals surface area contributed by atoms with Crippen molar-refractivity contribution in [1.29, 1.82) is 0 Å². The molecule has 182 valence electrons. The number of aromatic hydroxyl groups is 1.